The Bertz CT molecular complexity index is 511. The van der Waals surface area contributed by atoms with E-state index in [0.717, 1.165) is 5.56 Å². The Morgan fingerprint density at radius 3 is 2.08 bits per heavy atom. The summed E-state index contributed by atoms with van der Waals surface area (Å²) in [5.74, 6) is -1.96. The van der Waals surface area contributed by atoms with Crippen molar-refractivity contribution in [2.24, 2.45) is 17.2 Å². The lowest BCUT2D eigenvalue weighted by molar-refractivity contribution is -0.145. The summed E-state index contributed by atoms with van der Waals surface area (Å²) in [5.41, 5.74) is 16.1. The van der Waals surface area contributed by atoms with Gasteiger partial charge in [0.1, 0.15) is 12.6 Å². The molecule has 7 N–H and O–H groups in total. The first kappa shape index (κ1) is 24.1. The van der Waals surface area contributed by atoms with Crippen LogP contribution in [0.2, 0.25) is 0 Å². The van der Waals surface area contributed by atoms with Gasteiger partial charge >= 0.3 is 11.9 Å². The molecule has 0 saturated carbocycles. The van der Waals surface area contributed by atoms with Crippen LogP contribution in [0, 0.1) is 0 Å². The van der Waals surface area contributed by atoms with Crippen molar-refractivity contribution in [2.45, 2.75) is 38.5 Å². The number of hydrogen-bond donors (Lipinski definition) is 4. The van der Waals surface area contributed by atoms with E-state index in [0.29, 0.717) is 0 Å². The summed E-state index contributed by atoms with van der Waals surface area (Å²) < 4.78 is 5.01. The number of carbonyl (C=O) groups is 3. The Hall–Kier alpha value is -2.16. The van der Waals surface area contributed by atoms with E-state index in [1.807, 2.05) is 30.3 Å². The second kappa shape index (κ2) is 13.3. The van der Waals surface area contributed by atoms with Gasteiger partial charge in [-0.15, -0.1) is 12.4 Å². The molecular formula is C15H24ClN3O5. The van der Waals surface area contributed by atoms with Crippen LogP contribution in [0.3, 0.4) is 0 Å². The number of rotatable bonds is 7. The minimum Gasteiger partial charge on any atom is -0.480 e. The number of amides is 1. The number of esters is 1. The first-order valence-corrected chi connectivity index (χ1v) is 6.96. The predicted octanol–water partition coefficient (Wildman–Crippen LogP) is 0.163. The van der Waals surface area contributed by atoms with Crippen LogP contribution in [-0.2, 0) is 25.7 Å². The molecule has 1 amide bonds. The van der Waals surface area contributed by atoms with Gasteiger partial charge in [0, 0.05) is 6.42 Å². The molecule has 0 aliphatic heterocycles. The SMILES string of the molecule is C[C@H](N)C(=O)O.Cl.NC(=O)[C@H](N)CCC(=O)OCc1ccccc1. The summed E-state index contributed by atoms with van der Waals surface area (Å²) in [6, 6.07) is 7.82. The highest BCUT2D eigenvalue weighted by molar-refractivity contribution is 5.85. The third-order valence-corrected chi connectivity index (χ3v) is 2.66. The minimum atomic E-state index is -0.963. The summed E-state index contributed by atoms with van der Waals surface area (Å²) in [6.07, 6.45) is 0.305. The average Bonchev–Trinajstić information content (AvgIpc) is 2.51. The maximum absolute atomic E-state index is 11.3. The van der Waals surface area contributed by atoms with Crippen LogP contribution in [0.4, 0.5) is 0 Å². The van der Waals surface area contributed by atoms with Crippen LogP contribution in [0.25, 0.3) is 0 Å². The normalized spacial score (nSPS) is 11.8. The number of carboxylic acids is 1. The summed E-state index contributed by atoms with van der Waals surface area (Å²) in [4.78, 5) is 31.5. The average molecular weight is 362 g/mol. The van der Waals surface area contributed by atoms with Gasteiger partial charge in [-0.1, -0.05) is 30.3 Å². The molecule has 24 heavy (non-hydrogen) atoms. The lowest BCUT2D eigenvalue weighted by Gasteiger charge is -2.07. The largest absolute Gasteiger partial charge is 0.480 e. The fraction of sp³-hybridized carbons (Fsp3) is 0.400. The van der Waals surface area contributed by atoms with Gasteiger partial charge in [-0.2, -0.15) is 0 Å². The number of halogens is 1. The van der Waals surface area contributed by atoms with Crippen molar-refractivity contribution in [3.63, 3.8) is 0 Å². The molecule has 0 aliphatic rings. The van der Waals surface area contributed by atoms with E-state index in [2.05, 4.69) is 0 Å². The van der Waals surface area contributed by atoms with Crippen molar-refractivity contribution in [1.29, 1.82) is 0 Å². The Morgan fingerprint density at radius 2 is 1.67 bits per heavy atom. The summed E-state index contributed by atoms with van der Waals surface area (Å²) in [6.45, 7) is 1.65. The van der Waals surface area contributed by atoms with Crippen molar-refractivity contribution < 1.29 is 24.2 Å². The third-order valence-electron chi connectivity index (χ3n) is 2.66. The van der Waals surface area contributed by atoms with E-state index in [4.69, 9.17) is 27.0 Å². The Labute approximate surface area is 146 Å². The summed E-state index contributed by atoms with van der Waals surface area (Å²) >= 11 is 0. The minimum absolute atomic E-state index is 0. The first-order valence-electron chi connectivity index (χ1n) is 6.96. The maximum atomic E-state index is 11.3. The fourth-order valence-corrected chi connectivity index (χ4v) is 1.23. The number of hydrogen-bond acceptors (Lipinski definition) is 6. The van der Waals surface area contributed by atoms with Crippen molar-refractivity contribution in [1.82, 2.24) is 0 Å². The van der Waals surface area contributed by atoms with Gasteiger partial charge in [-0.3, -0.25) is 14.4 Å². The van der Waals surface area contributed by atoms with Gasteiger partial charge in [-0.05, 0) is 18.9 Å². The zero-order valence-electron chi connectivity index (χ0n) is 13.4. The molecule has 0 spiro atoms. The fourth-order valence-electron chi connectivity index (χ4n) is 1.23. The highest BCUT2D eigenvalue weighted by Crippen LogP contribution is 2.03. The van der Waals surface area contributed by atoms with E-state index in [1.165, 1.54) is 6.92 Å². The standard InChI is InChI=1S/C12H16N2O3.C3H7NO2.ClH/c13-10(12(14)16)6-7-11(15)17-8-9-4-2-1-3-5-9;1-2(4)3(5)6;/h1-5,10H,6-8,13H2,(H2,14,16);2H,4H2,1H3,(H,5,6);1H/t10-;2-;/m10./s1. The van der Waals surface area contributed by atoms with E-state index < -0.39 is 24.0 Å². The van der Waals surface area contributed by atoms with Crippen LogP contribution in [0.1, 0.15) is 25.3 Å². The van der Waals surface area contributed by atoms with Crippen LogP contribution in [-0.4, -0.2) is 35.0 Å². The molecule has 1 aromatic rings. The molecule has 0 aromatic heterocycles. The highest BCUT2D eigenvalue weighted by atomic mass is 35.5. The third kappa shape index (κ3) is 12.4. The molecule has 0 saturated heterocycles. The first-order chi connectivity index (χ1) is 10.7. The lowest BCUT2D eigenvalue weighted by atomic mass is 10.1. The number of benzene rings is 1. The van der Waals surface area contributed by atoms with E-state index in [9.17, 15) is 14.4 Å². The summed E-state index contributed by atoms with van der Waals surface area (Å²) in [5, 5.41) is 7.87. The second-order valence-electron chi connectivity index (χ2n) is 4.82. The quantitative estimate of drug-likeness (QED) is 0.503. The van der Waals surface area contributed by atoms with Crippen LogP contribution in [0.5, 0.6) is 0 Å². The van der Waals surface area contributed by atoms with Crippen molar-refractivity contribution >= 4 is 30.3 Å². The Kier molecular flexibility index (Phi) is 13.3. The molecule has 1 rings (SSSR count). The number of ether oxygens (including phenoxy) is 1. The van der Waals surface area contributed by atoms with Crippen molar-refractivity contribution in [3.05, 3.63) is 35.9 Å². The molecule has 9 heteroatoms. The Morgan fingerprint density at radius 1 is 1.17 bits per heavy atom. The van der Waals surface area contributed by atoms with Gasteiger partial charge in [0.05, 0.1) is 6.04 Å². The van der Waals surface area contributed by atoms with Crippen LogP contribution >= 0.6 is 12.4 Å². The molecule has 0 fully saturated rings. The van der Waals surface area contributed by atoms with Crippen LogP contribution < -0.4 is 17.2 Å². The predicted molar refractivity (Wildman–Crippen MR) is 91.2 cm³/mol. The molecule has 2 atom stereocenters. The monoisotopic (exact) mass is 361 g/mol. The van der Waals surface area contributed by atoms with Crippen LogP contribution in [0.15, 0.2) is 30.3 Å². The number of nitrogens with two attached hydrogens (primary N) is 3. The van der Waals surface area contributed by atoms with Gasteiger partial charge in [0.2, 0.25) is 5.91 Å². The van der Waals surface area contributed by atoms with Gasteiger partial charge in [0.15, 0.2) is 0 Å². The lowest BCUT2D eigenvalue weighted by Crippen LogP contribution is -2.36. The van der Waals surface area contributed by atoms with Crippen molar-refractivity contribution in [2.75, 3.05) is 0 Å². The molecule has 8 nitrogen and oxygen atoms in total. The maximum Gasteiger partial charge on any atom is 0.320 e. The molecule has 0 aliphatic carbocycles. The molecular weight excluding hydrogens is 338 g/mol. The number of carbonyl (C=O) groups excluding carboxylic acids is 2. The number of carboxylic acid groups (broad SMARTS) is 1. The van der Waals surface area contributed by atoms with Crippen molar-refractivity contribution in [3.8, 4) is 0 Å². The van der Waals surface area contributed by atoms with Gasteiger partial charge < -0.3 is 27.0 Å². The molecule has 1 aromatic carbocycles. The topological polar surface area (TPSA) is 159 Å². The number of primary amides is 1. The van der Waals surface area contributed by atoms with E-state index >= 15 is 0 Å². The highest BCUT2D eigenvalue weighted by Gasteiger charge is 2.12. The van der Waals surface area contributed by atoms with Gasteiger partial charge in [-0.25, -0.2) is 0 Å². The molecule has 0 bridgehead atoms. The molecule has 0 heterocycles. The molecule has 0 radical (unpaired) electrons. The van der Waals surface area contributed by atoms with E-state index in [-0.39, 0.29) is 37.8 Å². The molecule has 0 unspecified atom stereocenters. The van der Waals surface area contributed by atoms with Gasteiger partial charge in [0.25, 0.3) is 0 Å². The second-order valence-corrected chi connectivity index (χ2v) is 4.82. The zero-order chi connectivity index (χ0) is 17.8. The Balaban J connectivity index is 0. The van der Waals surface area contributed by atoms with E-state index in [1.54, 1.807) is 0 Å². The zero-order valence-corrected chi connectivity index (χ0v) is 14.2. The molecule has 136 valence electrons. The smallest absolute Gasteiger partial charge is 0.320 e. The number of aliphatic carboxylic acids is 1. The summed E-state index contributed by atoms with van der Waals surface area (Å²) in [7, 11) is 0.